The van der Waals surface area contributed by atoms with Crippen LogP contribution in [-0.4, -0.2) is 36.5 Å². The third-order valence-electron chi connectivity index (χ3n) is 4.49. The van der Waals surface area contributed by atoms with E-state index in [-0.39, 0.29) is 0 Å². The zero-order valence-corrected chi connectivity index (χ0v) is 12.5. The zero-order valence-electron chi connectivity index (χ0n) is 12.5. The summed E-state index contributed by atoms with van der Waals surface area (Å²) in [5.74, 6) is 2.58. The average Bonchev–Trinajstić information content (AvgIpc) is 2.98. The largest absolute Gasteiger partial charge is 0.353 e. The van der Waals surface area contributed by atoms with Gasteiger partial charge in [0.05, 0.1) is 0 Å². The molecular weight excluding hydrogens is 246 g/mol. The molecule has 0 bridgehead atoms. The monoisotopic (exact) mass is 271 g/mol. The van der Waals surface area contributed by atoms with E-state index in [1.54, 1.807) is 0 Å². The van der Waals surface area contributed by atoms with Crippen LogP contribution < -0.4 is 5.32 Å². The van der Waals surface area contributed by atoms with Gasteiger partial charge in [0.1, 0.15) is 0 Å². The molecule has 0 aromatic heterocycles. The molecule has 0 amide bonds. The second-order valence-corrected chi connectivity index (χ2v) is 6.10. The van der Waals surface area contributed by atoms with Crippen LogP contribution in [0.15, 0.2) is 35.3 Å². The minimum Gasteiger partial charge on any atom is -0.353 e. The van der Waals surface area contributed by atoms with Gasteiger partial charge in [0.2, 0.25) is 0 Å². The summed E-state index contributed by atoms with van der Waals surface area (Å²) < 4.78 is 0. The lowest BCUT2D eigenvalue weighted by Crippen LogP contribution is -2.41. The van der Waals surface area contributed by atoms with E-state index in [0.29, 0.717) is 12.0 Å². The molecule has 3 unspecified atom stereocenters. The van der Waals surface area contributed by atoms with E-state index in [1.807, 2.05) is 0 Å². The summed E-state index contributed by atoms with van der Waals surface area (Å²) in [6.45, 7) is 7.49. The first-order valence-electron chi connectivity index (χ1n) is 7.88. The molecule has 3 atom stereocenters. The van der Waals surface area contributed by atoms with Crippen LogP contribution in [0.1, 0.15) is 38.2 Å². The van der Waals surface area contributed by atoms with Crippen molar-refractivity contribution >= 4 is 5.96 Å². The van der Waals surface area contributed by atoms with Gasteiger partial charge in [0.25, 0.3) is 0 Å². The van der Waals surface area contributed by atoms with Crippen molar-refractivity contribution in [3.05, 3.63) is 35.9 Å². The van der Waals surface area contributed by atoms with Crippen LogP contribution in [-0.2, 0) is 0 Å². The highest BCUT2D eigenvalue weighted by Gasteiger charge is 2.35. The first kappa shape index (κ1) is 13.5. The predicted octanol–water partition coefficient (Wildman–Crippen LogP) is 2.85. The fourth-order valence-corrected chi connectivity index (χ4v) is 3.03. The van der Waals surface area contributed by atoms with Crippen molar-refractivity contribution in [2.75, 3.05) is 19.6 Å². The average molecular weight is 271 g/mol. The van der Waals surface area contributed by atoms with Crippen LogP contribution in [0.4, 0.5) is 0 Å². The Bertz CT molecular complexity index is 468. The second-order valence-electron chi connectivity index (χ2n) is 6.10. The highest BCUT2D eigenvalue weighted by molar-refractivity contribution is 5.81. The zero-order chi connectivity index (χ0) is 13.9. The highest BCUT2D eigenvalue weighted by Crippen LogP contribution is 2.31. The molecule has 3 nitrogen and oxygen atoms in total. The standard InChI is InChI=1S/C17H25N3/c1-3-18-17(19-16-11-13(16)2)20-10-9-15(12-20)14-7-5-4-6-8-14/h4-8,13,15-16H,3,9-12H2,1-2H3,(H,18,19). The van der Waals surface area contributed by atoms with Crippen LogP contribution in [0.5, 0.6) is 0 Å². The Morgan fingerprint density at radius 1 is 1.35 bits per heavy atom. The molecule has 1 aromatic rings. The molecule has 1 saturated heterocycles. The third kappa shape index (κ3) is 2.97. The van der Waals surface area contributed by atoms with Crippen LogP contribution in [0.2, 0.25) is 0 Å². The van der Waals surface area contributed by atoms with Gasteiger partial charge in [-0.2, -0.15) is 0 Å². The Labute approximate surface area is 122 Å². The van der Waals surface area contributed by atoms with Crippen molar-refractivity contribution in [3.8, 4) is 0 Å². The van der Waals surface area contributed by atoms with Gasteiger partial charge < -0.3 is 10.2 Å². The predicted molar refractivity (Wildman–Crippen MR) is 84.1 cm³/mol. The van der Waals surface area contributed by atoms with E-state index in [2.05, 4.69) is 59.4 Å². The molecule has 3 heteroatoms. The van der Waals surface area contributed by atoms with Crippen molar-refractivity contribution in [2.24, 2.45) is 10.9 Å². The van der Waals surface area contributed by atoms with E-state index in [4.69, 9.17) is 0 Å². The smallest absolute Gasteiger partial charge is 0.194 e. The van der Waals surface area contributed by atoms with Gasteiger partial charge in [-0.3, -0.25) is 4.99 Å². The summed E-state index contributed by atoms with van der Waals surface area (Å²) in [5.41, 5.74) is 1.46. The SMILES string of the molecule is CCN=C(NC1CC1C)N1CCC(c2ccccc2)C1. The summed E-state index contributed by atoms with van der Waals surface area (Å²) in [6, 6.07) is 11.5. The first-order chi connectivity index (χ1) is 9.78. The van der Waals surface area contributed by atoms with E-state index < -0.39 is 0 Å². The molecule has 1 N–H and O–H groups in total. The summed E-state index contributed by atoms with van der Waals surface area (Å²) >= 11 is 0. The molecule has 1 saturated carbocycles. The van der Waals surface area contributed by atoms with Crippen LogP contribution in [0.25, 0.3) is 0 Å². The topological polar surface area (TPSA) is 27.6 Å². The summed E-state index contributed by atoms with van der Waals surface area (Å²) in [4.78, 5) is 7.12. The molecule has 1 aliphatic heterocycles. The Kier molecular flexibility index (Phi) is 3.95. The number of rotatable bonds is 3. The van der Waals surface area contributed by atoms with Crippen molar-refractivity contribution in [2.45, 2.75) is 38.6 Å². The number of likely N-dealkylation sites (tertiary alicyclic amines) is 1. The van der Waals surface area contributed by atoms with Crippen molar-refractivity contribution in [1.82, 2.24) is 10.2 Å². The summed E-state index contributed by atoms with van der Waals surface area (Å²) in [5, 5.41) is 3.63. The van der Waals surface area contributed by atoms with Crippen molar-refractivity contribution in [3.63, 3.8) is 0 Å². The van der Waals surface area contributed by atoms with E-state index in [9.17, 15) is 0 Å². The summed E-state index contributed by atoms with van der Waals surface area (Å²) in [7, 11) is 0. The van der Waals surface area contributed by atoms with Crippen LogP contribution in [0.3, 0.4) is 0 Å². The minimum atomic E-state index is 0.649. The van der Waals surface area contributed by atoms with E-state index >= 15 is 0 Å². The molecule has 0 radical (unpaired) electrons. The maximum atomic E-state index is 4.68. The quantitative estimate of drug-likeness (QED) is 0.676. The lowest BCUT2D eigenvalue weighted by molar-refractivity contribution is 0.482. The molecule has 2 aliphatic rings. The maximum Gasteiger partial charge on any atom is 0.194 e. The highest BCUT2D eigenvalue weighted by atomic mass is 15.3. The minimum absolute atomic E-state index is 0.649. The van der Waals surface area contributed by atoms with Crippen LogP contribution in [0, 0.1) is 5.92 Å². The number of nitrogens with one attached hydrogen (secondary N) is 1. The van der Waals surface area contributed by atoms with Crippen LogP contribution >= 0.6 is 0 Å². The van der Waals surface area contributed by atoms with Gasteiger partial charge >= 0.3 is 0 Å². The van der Waals surface area contributed by atoms with Crippen molar-refractivity contribution in [1.29, 1.82) is 0 Å². The van der Waals surface area contributed by atoms with Gasteiger partial charge in [-0.05, 0) is 31.2 Å². The first-order valence-corrected chi connectivity index (χ1v) is 7.88. The number of hydrogen-bond acceptors (Lipinski definition) is 1. The molecule has 1 heterocycles. The van der Waals surface area contributed by atoms with Gasteiger partial charge in [0, 0.05) is 31.6 Å². The Morgan fingerprint density at radius 3 is 2.75 bits per heavy atom. The van der Waals surface area contributed by atoms with Gasteiger partial charge in [0.15, 0.2) is 5.96 Å². The Morgan fingerprint density at radius 2 is 2.10 bits per heavy atom. The maximum absolute atomic E-state index is 4.68. The number of benzene rings is 1. The fourth-order valence-electron chi connectivity index (χ4n) is 3.03. The molecule has 1 aliphatic carbocycles. The number of aliphatic imine (C=N–C) groups is 1. The number of guanidine groups is 1. The fraction of sp³-hybridized carbons (Fsp3) is 0.588. The number of hydrogen-bond donors (Lipinski definition) is 1. The van der Waals surface area contributed by atoms with Gasteiger partial charge in [-0.25, -0.2) is 0 Å². The lowest BCUT2D eigenvalue weighted by atomic mass is 9.99. The van der Waals surface area contributed by atoms with E-state index in [0.717, 1.165) is 31.5 Å². The molecular formula is C17H25N3. The summed E-state index contributed by atoms with van der Waals surface area (Å²) in [6.07, 6.45) is 2.52. The Balaban J connectivity index is 1.64. The third-order valence-corrected chi connectivity index (χ3v) is 4.49. The van der Waals surface area contributed by atoms with Gasteiger partial charge in [-0.1, -0.05) is 37.3 Å². The second kappa shape index (κ2) is 5.86. The molecule has 1 aromatic carbocycles. The normalized spacial score (nSPS) is 29.6. The molecule has 2 fully saturated rings. The van der Waals surface area contributed by atoms with Gasteiger partial charge in [-0.15, -0.1) is 0 Å². The Hall–Kier alpha value is -1.51. The van der Waals surface area contributed by atoms with E-state index in [1.165, 1.54) is 18.4 Å². The molecule has 3 rings (SSSR count). The number of nitrogens with zero attached hydrogens (tertiary/aromatic N) is 2. The lowest BCUT2D eigenvalue weighted by Gasteiger charge is -2.22. The molecule has 0 spiro atoms. The molecule has 108 valence electrons. The molecule has 20 heavy (non-hydrogen) atoms. The van der Waals surface area contributed by atoms with Crippen molar-refractivity contribution < 1.29 is 0 Å².